The summed E-state index contributed by atoms with van der Waals surface area (Å²) in [5.74, 6) is 0.594. The zero-order valence-corrected chi connectivity index (χ0v) is 4.49. The third-order valence-corrected chi connectivity index (χ3v) is 0.729. The van der Waals surface area contributed by atoms with Gasteiger partial charge in [-0.3, -0.25) is 0 Å². The van der Waals surface area contributed by atoms with Crippen LogP contribution < -0.4 is 0 Å². The van der Waals surface area contributed by atoms with Crippen LogP contribution in [0.15, 0.2) is 12.2 Å². The van der Waals surface area contributed by atoms with Crippen LogP contribution in [0.1, 0.15) is 6.92 Å². The molecule has 0 amide bonds. The lowest BCUT2D eigenvalue weighted by Crippen LogP contribution is -1.66. The van der Waals surface area contributed by atoms with Crippen LogP contribution in [0.4, 0.5) is 0 Å². The molecule has 0 aromatic heterocycles. The highest BCUT2D eigenvalue weighted by molar-refractivity contribution is 7.65. The number of allylic oxidation sites excluding steroid dienone is 1. The van der Waals surface area contributed by atoms with Gasteiger partial charge in [0.15, 0.2) is 0 Å². The van der Waals surface area contributed by atoms with Crippen molar-refractivity contribution in [2.45, 2.75) is 6.92 Å². The first-order chi connectivity index (χ1) is 2.91. The van der Waals surface area contributed by atoms with Gasteiger partial charge in [-0.05, 0) is 13.0 Å². The van der Waals surface area contributed by atoms with Crippen molar-refractivity contribution in [3.8, 4) is 0 Å². The van der Waals surface area contributed by atoms with Gasteiger partial charge in [0, 0.05) is 4.21 Å². The fourth-order valence-corrected chi connectivity index (χ4v) is 0.407. The predicted molar refractivity (Wildman–Crippen MR) is 27.7 cm³/mol. The fourth-order valence-electron chi connectivity index (χ4n) is 0.136. The van der Waals surface area contributed by atoms with Crippen LogP contribution in [-0.4, -0.2) is 5.75 Å². The smallest absolute Gasteiger partial charge is 0.0862 e. The molecule has 0 spiro atoms. The zero-order valence-electron chi connectivity index (χ0n) is 3.68. The summed E-state index contributed by atoms with van der Waals surface area (Å²) in [5, 5.41) is 0. The van der Waals surface area contributed by atoms with Gasteiger partial charge in [0.05, 0.1) is 0 Å². The van der Waals surface area contributed by atoms with E-state index >= 15 is 0 Å². The lowest BCUT2D eigenvalue weighted by molar-refractivity contribution is 0.606. The molecule has 0 saturated heterocycles. The van der Waals surface area contributed by atoms with E-state index in [4.69, 9.17) is 0 Å². The molecule has 6 heavy (non-hydrogen) atoms. The van der Waals surface area contributed by atoms with Crippen LogP contribution in [0.25, 0.3) is 0 Å². The Kier molecular flexibility index (Phi) is 4.57. The fraction of sp³-hybridized carbons (Fsp3) is 0.500. The summed E-state index contributed by atoms with van der Waals surface area (Å²) >= 11 is 0.589. The largest absolute Gasteiger partial charge is 0.463 e. The van der Waals surface area contributed by atoms with Crippen LogP contribution >= 0.6 is 0 Å². The van der Waals surface area contributed by atoms with E-state index in [9.17, 15) is 4.21 Å². The molecule has 1 nitrogen and oxygen atoms in total. The molecular formula is C4H7OS+. The molecule has 2 heteroatoms. The Balaban J connectivity index is 2.85. The minimum Gasteiger partial charge on any atom is -0.0862 e. The van der Waals surface area contributed by atoms with Gasteiger partial charge in [0.2, 0.25) is 5.75 Å². The summed E-state index contributed by atoms with van der Waals surface area (Å²) in [6.45, 7) is 1.90. The molecule has 0 unspecified atom stereocenters. The first-order valence-electron chi connectivity index (χ1n) is 1.77. The van der Waals surface area contributed by atoms with Crippen molar-refractivity contribution >= 4 is 11.7 Å². The van der Waals surface area contributed by atoms with Gasteiger partial charge in [-0.15, -0.1) is 0 Å². The quantitative estimate of drug-likeness (QED) is 0.376. The molecule has 0 rings (SSSR count). The SMILES string of the molecule is CC=CC[S+]=O. The molecule has 0 radical (unpaired) electrons. The highest BCUT2D eigenvalue weighted by atomic mass is 32.1. The number of hydrogen-bond acceptors (Lipinski definition) is 1. The van der Waals surface area contributed by atoms with E-state index in [1.807, 2.05) is 19.1 Å². The van der Waals surface area contributed by atoms with Crippen molar-refractivity contribution in [2.75, 3.05) is 5.75 Å². The maximum absolute atomic E-state index is 9.55. The molecule has 0 aliphatic rings. The van der Waals surface area contributed by atoms with E-state index in [0.717, 1.165) is 0 Å². The number of hydrogen-bond donors (Lipinski definition) is 0. The van der Waals surface area contributed by atoms with Crippen molar-refractivity contribution < 1.29 is 4.21 Å². The van der Waals surface area contributed by atoms with E-state index in [1.165, 1.54) is 0 Å². The first kappa shape index (κ1) is 5.76. The van der Waals surface area contributed by atoms with E-state index < -0.39 is 0 Å². The zero-order chi connectivity index (χ0) is 4.83. The van der Waals surface area contributed by atoms with Crippen molar-refractivity contribution in [1.29, 1.82) is 0 Å². The van der Waals surface area contributed by atoms with Gasteiger partial charge in [0.25, 0.3) is 0 Å². The molecule has 0 heterocycles. The van der Waals surface area contributed by atoms with E-state index in [0.29, 0.717) is 17.4 Å². The monoisotopic (exact) mass is 103 g/mol. The molecule has 0 N–H and O–H groups in total. The lowest BCUT2D eigenvalue weighted by atomic mass is 10.6. The second-order valence-corrected chi connectivity index (χ2v) is 1.42. The summed E-state index contributed by atoms with van der Waals surface area (Å²) < 4.78 is 9.55. The minimum absolute atomic E-state index is 0.589. The third-order valence-electron chi connectivity index (χ3n) is 0.400. The maximum atomic E-state index is 9.55. The second-order valence-electron chi connectivity index (χ2n) is 0.854. The van der Waals surface area contributed by atoms with Crippen LogP contribution in [0.5, 0.6) is 0 Å². The summed E-state index contributed by atoms with van der Waals surface area (Å²) in [7, 11) is 0. The van der Waals surface area contributed by atoms with Gasteiger partial charge >= 0.3 is 11.7 Å². The molecule has 0 fully saturated rings. The Hall–Kier alpha value is -0.240. The Bertz CT molecular complexity index is 58.6. The van der Waals surface area contributed by atoms with Crippen molar-refractivity contribution in [2.24, 2.45) is 0 Å². The first-order valence-corrected chi connectivity index (χ1v) is 2.68. The van der Waals surface area contributed by atoms with Gasteiger partial charge in [-0.25, -0.2) is 0 Å². The highest BCUT2D eigenvalue weighted by Gasteiger charge is 1.83. The molecule has 0 aromatic rings. The Morgan fingerprint density at radius 3 is 2.67 bits per heavy atom. The molecule has 0 saturated carbocycles. The normalized spacial score (nSPS) is 9.50. The van der Waals surface area contributed by atoms with Gasteiger partial charge in [-0.2, -0.15) is 0 Å². The van der Waals surface area contributed by atoms with E-state index in [2.05, 4.69) is 0 Å². The van der Waals surface area contributed by atoms with Gasteiger partial charge in [-0.1, -0.05) is 6.08 Å². The average molecular weight is 103 g/mol. The second kappa shape index (κ2) is 4.76. The molecule has 0 aliphatic heterocycles. The molecular weight excluding hydrogens is 96.1 g/mol. The van der Waals surface area contributed by atoms with Crippen molar-refractivity contribution in [3.05, 3.63) is 12.2 Å². The van der Waals surface area contributed by atoms with Crippen LogP contribution in [-0.2, 0) is 15.9 Å². The third kappa shape index (κ3) is 3.76. The number of rotatable bonds is 2. The minimum atomic E-state index is 0.589. The topological polar surface area (TPSA) is 17.1 Å². The molecule has 0 aromatic carbocycles. The van der Waals surface area contributed by atoms with Gasteiger partial charge < -0.3 is 0 Å². The van der Waals surface area contributed by atoms with Crippen LogP contribution in [0.3, 0.4) is 0 Å². The maximum Gasteiger partial charge on any atom is 0.463 e. The highest BCUT2D eigenvalue weighted by Crippen LogP contribution is 1.65. The lowest BCUT2D eigenvalue weighted by Gasteiger charge is -1.53. The summed E-state index contributed by atoms with van der Waals surface area (Å²) in [6, 6.07) is 0. The Morgan fingerprint density at radius 2 is 2.50 bits per heavy atom. The summed E-state index contributed by atoms with van der Waals surface area (Å²) in [4.78, 5) is 0. The molecule has 0 aliphatic carbocycles. The molecule has 0 atom stereocenters. The van der Waals surface area contributed by atoms with E-state index in [-0.39, 0.29) is 0 Å². The molecule has 34 valence electrons. The Labute approximate surface area is 41.6 Å². The van der Waals surface area contributed by atoms with Crippen molar-refractivity contribution in [3.63, 3.8) is 0 Å². The van der Waals surface area contributed by atoms with E-state index in [1.54, 1.807) is 0 Å². The van der Waals surface area contributed by atoms with Crippen LogP contribution in [0, 0.1) is 0 Å². The van der Waals surface area contributed by atoms with Gasteiger partial charge in [0.1, 0.15) is 0 Å². The predicted octanol–water partition coefficient (Wildman–Crippen LogP) is 0.991. The van der Waals surface area contributed by atoms with Crippen LogP contribution in [0.2, 0.25) is 0 Å². The standard InChI is InChI=1S/C4H7OS/c1-2-3-4-6-5/h2-3H,4H2,1H3/q+1. The van der Waals surface area contributed by atoms with Crippen molar-refractivity contribution in [1.82, 2.24) is 0 Å². The summed E-state index contributed by atoms with van der Waals surface area (Å²) in [5.41, 5.74) is 0. The Morgan fingerprint density at radius 1 is 1.83 bits per heavy atom. The molecule has 0 bridgehead atoms. The average Bonchev–Trinajstić information content (AvgIpc) is 1.61. The summed E-state index contributed by atoms with van der Waals surface area (Å²) in [6.07, 6.45) is 3.70.